The van der Waals surface area contributed by atoms with E-state index in [0.717, 1.165) is 32.1 Å². The predicted molar refractivity (Wildman–Crippen MR) is 93.0 cm³/mol. The number of unbranched alkanes of at least 4 members (excludes halogenated alkanes) is 1. The van der Waals surface area contributed by atoms with Crippen molar-refractivity contribution in [2.75, 3.05) is 19.6 Å². The van der Waals surface area contributed by atoms with Crippen LogP contribution in [0.3, 0.4) is 0 Å². The zero-order valence-corrected chi connectivity index (χ0v) is 14.1. The lowest BCUT2D eigenvalue weighted by Gasteiger charge is -2.13. The minimum absolute atomic E-state index is 0.250. The minimum atomic E-state index is -0.472. The van der Waals surface area contributed by atoms with Gasteiger partial charge in [0.15, 0.2) is 0 Å². The smallest absolute Gasteiger partial charge is 0.410 e. The number of carbonyl (C=O) groups is 1. The SMILES string of the molecule is O=C=NCCCC(CCCCNC(=O)Oc1ccccc1)CN=C=O. The van der Waals surface area contributed by atoms with E-state index in [4.69, 9.17) is 4.74 Å². The molecule has 0 saturated carbocycles. The molecule has 134 valence electrons. The van der Waals surface area contributed by atoms with E-state index in [1.165, 1.54) is 6.08 Å². The summed E-state index contributed by atoms with van der Waals surface area (Å²) in [6.07, 6.45) is 6.76. The number of isocyanates is 2. The first-order valence-corrected chi connectivity index (χ1v) is 8.34. The molecule has 0 radical (unpaired) electrons. The summed E-state index contributed by atoms with van der Waals surface area (Å²) in [5.74, 6) is 0.754. The number of hydrogen-bond acceptors (Lipinski definition) is 6. The molecule has 1 rings (SSSR count). The van der Waals surface area contributed by atoms with Crippen LogP contribution >= 0.6 is 0 Å². The fourth-order valence-corrected chi connectivity index (χ4v) is 2.38. The Labute approximate surface area is 147 Å². The molecule has 0 spiro atoms. The van der Waals surface area contributed by atoms with E-state index in [2.05, 4.69) is 15.3 Å². The fourth-order valence-electron chi connectivity index (χ4n) is 2.38. The second kappa shape index (κ2) is 13.7. The average Bonchev–Trinajstić information content (AvgIpc) is 2.63. The van der Waals surface area contributed by atoms with Crippen LogP contribution in [0.4, 0.5) is 4.79 Å². The summed E-state index contributed by atoms with van der Waals surface area (Å²) in [4.78, 5) is 39.1. The van der Waals surface area contributed by atoms with Gasteiger partial charge in [0.1, 0.15) is 5.75 Å². The van der Waals surface area contributed by atoms with Crippen LogP contribution in [0.1, 0.15) is 32.1 Å². The van der Waals surface area contributed by atoms with Gasteiger partial charge in [0.05, 0.1) is 13.1 Å². The third kappa shape index (κ3) is 10.6. The number of rotatable bonds is 12. The maximum Gasteiger partial charge on any atom is 0.412 e. The summed E-state index contributed by atoms with van der Waals surface area (Å²) in [6, 6.07) is 8.87. The van der Waals surface area contributed by atoms with Crippen LogP contribution in [0.15, 0.2) is 40.3 Å². The van der Waals surface area contributed by atoms with Gasteiger partial charge < -0.3 is 10.1 Å². The van der Waals surface area contributed by atoms with E-state index in [1.807, 2.05) is 6.07 Å². The van der Waals surface area contributed by atoms with Crippen molar-refractivity contribution in [1.82, 2.24) is 5.32 Å². The standard InChI is InChI=1S/C18H23N3O4/c22-14-19-11-6-8-16(13-20-15-23)7-4-5-12-21-18(24)25-17-9-2-1-3-10-17/h1-3,9-10,16H,4-8,11-13H2,(H,21,24). The van der Waals surface area contributed by atoms with Crippen LogP contribution in [0.2, 0.25) is 0 Å². The number of hydrogen-bond donors (Lipinski definition) is 1. The molecular weight excluding hydrogens is 322 g/mol. The summed E-state index contributed by atoms with van der Waals surface area (Å²) >= 11 is 0. The van der Waals surface area contributed by atoms with Crippen molar-refractivity contribution in [2.45, 2.75) is 32.1 Å². The Morgan fingerprint density at radius 2 is 1.76 bits per heavy atom. The Morgan fingerprint density at radius 3 is 2.48 bits per heavy atom. The largest absolute Gasteiger partial charge is 0.412 e. The molecule has 1 atom stereocenters. The number of nitrogens with zero attached hydrogens (tertiary/aromatic N) is 2. The van der Waals surface area contributed by atoms with Crippen LogP contribution in [0, 0.1) is 5.92 Å². The second-order valence-electron chi connectivity index (χ2n) is 5.54. The normalized spacial score (nSPS) is 10.9. The van der Waals surface area contributed by atoms with Gasteiger partial charge in [-0.05, 0) is 43.7 Å². The first-order chi connectivity index (χ1) is 12.3. The Hall–Kier alpha value is -2.75. The van der Waals surface area contributed by atoms with Crippen molar-refractivity contribution < 1.29 is 19.1 Å². The Kier molecular flexibility index (Phi) is 11.1. The van der Waals surface area contributed by atoms with Gasteiger partial charge in [0.2, 0.25) is 12.2 Å². The molecule has 25 heavy (non-hydrogen) atoms. The zero-order valence-electron chi connectivity index (χ0n) is 14.1. The third-order valence-electron chi connectivity index (χ3n) is 3.62. The van der Waals surface area contributed by atoms with Crippen molar-refractivity contribution in [1.29, 1.82) is 0 Å². The van der Waals surface area contributed by atoms with E-state index in [9.17, 15) is 14.4 Å². The maximum absolute atomic E-state index is 11.6. The van der Waals surface area contributed by atoms with Crippen LogP contribution in [0.5, 0.6) is 5.75 Å². The first kappa shape index (κ1) is 20.3. The zero-order chi connectivity index (χ0) is 18.2. The molecule has 0 heterocycles. The molecule has 0 bridgehead atoms. The van der Waals surface area contributed by atoms with Crippen LogP contribution in [-0.2, 0) is 9.59 Å². The molecule has 7 heteroatoms. The number of benzene rings is 1. The molecule has 0 aromatic heterocycles. The lowest BCUT2D eigenvalue weighted by Crippen LogP contribution is -2.27. The lowest BCUT2D eigenvalue weighted by atomic mass is 9.96. The van der Waals surface area contributed by atoms with Crippen molar-refractivity contribution in [3.05, 3.63) is 30.3 Å². The van der Waals surface area contributed by atoms with Crippen molar-refractivity contribution in [3.63, 3.8) is 0 Å². The summed E-state index contributed by atoms with van der Waals surface area (Å²) in [5, 5.41) is 2.70. The van der Waals surface area contributed by atoms with Gasteiger partial charge in [0.25, 0.3) is 0 Å². The van der Waals surface area contributed by atoms with Crippen LogP contribution in [-0.4, -0.2) is 37.9 Å². The quantitative estimate of drug-likeness (QED) is 0.358. The van der Waals surface area contributed by atoms with Gasteiger partial charge in [-0.1, -0.05) is 24.6 Å². The highest BCUT2D eigenvalue weighted by Crippen LogP contribution is 2.15. The first-order valence-electron chi connectivity index (χ1n) is 8.34. The predicted octanol–water partition coefficient (Wildman–Crippen LogP) is 3.01. The number of aliphatic imine (C=N–C) groups is 2. The van der Waals surface area contributed by atoms with E-state index in [0.29, 0.717) is 25.4 Å². The highest BCUT2D eigenvalue weighted by atomic mass is 16.6. The number of para-hydroxylation sites is 1. The van der Waals surface area contributed by atoms with E-state index in [1.54, 1.807) is 30.3 Å². The van der Waals surface area contributed by atoms with E-state index in [-0.39, 0.29) is 5.92 Å². The monoisotopic (exact) mass is 345 g/mol. The molecule has 0 aliphatic rings. The number of amides is 1. The van der Waals surface area contributed by atoms with Gasteiger partial charge in [-0.3, -0.25) is 0 Å². The van der Waals surface area contributed by atoms with Gasteiger partial charge in [-0.2, -0.15) is 0 Å². The van der Waals surface area contributed by atoms with Gasteiger partial charge in [-0.25, -0.2) is 24.4 Å². The topological polar surface area (TPSA) is 97.2 Å². The van der Waals surface area contributed by atoms with E-state index >= 15 is 0 Å². The fraction of sp³-hybridized carbons (Fsp3) is 0.500. The van der Waals surface area contributed by atoms with Crippen molar-refractivity contribution >= 4 is 18.3 Å². The van der Waals surface area contributed by atoms with Crippen LogP contribution < -0.4 is 10.1 Å². The molecule has 1 aromatic carbocycles. The molecule has 0 aliphatic heterocycles. The number of nitrogens with one attached hydrogen (secondary N) is 1. The minimum Gasteiger partial charge on any atom is -0.410 e. The van der Waals surface area contributed by atoms with Gasteiger partial charge in [-0.15, -0.1) is 0 Å². The summed E-state index contributed by atoms with van der Waals surface area (Å²) in [5.41, 5.74) is 0. The molecule has 0 fully saturated rings. The highest BCUT2D eigenvalue weighted by molar-refractivity contribution is 5.70. The van der Waals surface area contributed by atoms with Crippen LogP contribution in [0.25, 0.3) is 0 Å². The summed E-state index contributed by atoms with van der Waals surface area (Å²) in [7, 11) is 0. The molecule has 1 amide bonds. The molecule has 7 nitrogen and oxygen atoms in total. The van der Waals surface area contributed by atoms with E-state index < -0.39 is 6.09 Å². The van der Waals surface area contributed by atoms with Gasteiger partial charge in [0, 0.05) is 6.54 Å². The molecule has 0 aliphatic carbocycles. The molecule has 1 aromatic rings. The maximum atomic E-state index is 11.6. The van der Waals surface area contributed by atoms with Crippen molar-refractivity contribution in [2.24, 2.45) is 15.9 Å². The summed E-state index contributed by atoms with van der Waals surface area (Å²) < 4.78 is 5.12. The van der Waals surface area contributed by atoms with Crippen molar-refractivity contribution in [3.8, 4) is 5.75 Å². The Morgan fingerprint density at radius 1 is 1.04 bits per heavy atom. The molecule has 1 unspecified atom stereocenters. The van der Waals surface area contributed by atoms with Gasteiger partial charge >= 0.3 is 6.09 Å². The Balaban J connectivity index is 2.18. The average molecular weight is 345 g/mol. The Bertz CT molecular complexity index is 594. The summed E-state index contributed by atoms with van der Waals surface area (Å²) in [6.45, 7) is 1.39. The molecule has 0 saturated heterocycles. The molecule has 1 N–H and O–H groups in total. The lowest BCUT2D eigenvalue weighted by molar-refractivity contribution is 0.200. The third-order valence-corrected chi connectivity index (χ3v) is 3.62. The highest BCUT2D eigenvalue weighted by Gasteiger charge is 2.08. The number of carbonyl (C=O) groups excluding carboxylic acids is 3. The number of ether oxygens (including phenoxy) is 1. The second-order valence-corrected chi connectivity index (χ2v) is 5.54. The molecular formula is C18H23N3O4.